The lowest BCUT2D eigenvalue weighted by atomic mass is 10.4. The topological polar surface area (TPSA) is 55.4 Å². The van der Waals surface area contributed by atoms with E-state index in [1.54, 1.807) is 0 Å². The van der Waals surface area contributed by atoms with E-state index in [1.807, 2.05) is 65.1 Å². The quantitative estimate of drug-likeness (QED) is 0.0950. The van der Waals surface area contributed by atoms with Gasteiger partial charge in [-0.25, -0.2) is 0 Å². The Morgan fingerprint density at radius 2 is 0.636 bits per heavy atom. The van der Waals surface area contributed by atoms with Gasteiger partial charge in [-0.2, -0.15) is 35.3 Å². The SMILES string of the molecule is CCOC(CCSCCCSCCCSCCC(OCC)(OCC)OCC)(OCC)OCC. The van der Waals surface area contributed by atoms with Crippen LogP contribution in [-0.2, 0) is 28.4 Å². The Labute approximate surface area is 216 Å². The van der Waals surface area contributed by atoms with E-state index < -0.39 is 11.9 Å². The predicted molar refractivity (Wildman–Crippen MR) is 146 cm³/mol. The third-order valence-electron chi connectivity index (χ3n) is 4.45. The molecule has 9 heteroatoms. The molecule has 0 saturated heterocycles. The van der Waals surface area contributed by atoms with E-state index in [1.165, 1.54) is 24.3 Å². The first-order valence-corrected chi connectivity index (χ1v) is 16.1. The molecule has 0 aromatic heterocycles. The summed E-state index contributed by atoms with van der Waals surface area (Å²) in [6.45, 7) is 15.4. The van der Waals surface area contributed by atoms with Crippen molar-refractivity contribution in [2.45, 2.75) is 79.2 Å². The standard InChI is InChI=1S/C24H50O6S3/c1-7-25-23(26-8-2,27-9-3)15-21-32-19-13-17-31-18-14-20-33-22-16-24(28-10-4,29-11-5)30-12-6/h7-22H2,1-6H3. The van der Waals surface area contributed by atoms with Gasteiger partial charge in [-0.1, -0.05) is 0 Å². The van der Waals surface area contributed by atoms with Crippen molar-refractivity contribution in [3.63, 3.8) is 0 Å². The van der Waals surface area contributed by atoms with E-state index in [9.17, 15) is 0 Å². The van der Waals surface area contributed by atoms with Gasteiger partial charge in [0.2, 0.25) is 0 Å². The molecule has 0 aromatic carbocycles. The second-order valence-corrected chi connectivity index (χ2v) is 10.7. The Morgan fingerprint density at radius 1 is 0.394 bits per heavy atom. The number of hydrogen-bond acceptors (Lipinski definition) is 9. The van der Waals surface area contributed by atoms with Crippen molar-refractivity contribution in [2.24, 2.45) is 0 Å². The summed E-state index contributed by atoms with van der Waals surface area (Å²) in [4.78, 5) is 0. The molecule has 0 spiro atoms. The van der Waals surface area contributed by atoms with Crippen LogP contribution in [0.5, 0.6) is 0 Å². The summed E-state index contributed by atoms with van der Waals surface area (Å²) in [6, 6.07) is 0. The molecule has 0 fully saturated rings. The molecule has 0 aliphatic carbocycles. The van der Waals surface area contributed by atoms with Crippen molar-refractivity contribution in [1.82, 2.24) is 0 Å². The minimum atomic E-state index is -0.870. The highest BCUT2D eigenvalue weighted by molar-refractivity contribution is 8.00. The van der Waals surface area contributed by atoms with Crippen LogP contribution in [0, 0.1) is 0 Å². The molecule has 0 aromatic rings. The predicted octanol–water partition coefficient (Wildman–Crippen LogP) is 6.27. The Hall–Kier alpha value is 0.810. The Balaban J connectivity index is 3.79. The number of thioether (sulfide) groups is 3. The zero-order valence-electron chi connectivity index (χ0n) is 22.0. The van der Waals surface area contributed by atoms with E-state index in [0.29, 0.717) is 39.6 Å². The second kappa shape index (κ2) is 23.2. The normalized spacial score (nSPS) is 12.5. The van der Waals surface area contributed by atoms with Crippen LogP contribution in [0.15, 0.2) is 0 Å². The van der Waals surface area contributed by atoms with Crippen molar-refractivity contribution >= 4 is 35.3 Å². The monoisotopic (exact) mass is 530 g/mol. The van der Waals surface area contributed by atoms with Crippen LogP contribution >= 0.6 is 35.3 Å². The average Bonchev–Trinajstić information content (AvgIpc) is 2.78. The van der Waals surface area contributed by atoms with Crippen LogP contribution in [0.3, 0.4) is 0 Å². The molecule has 0 unspecified atom stereocenters. The third-order valence-corrected chi connectivity index (χ3v) is 7.74. The average molecular weight is 531 g/mol. The summed E-state index contributed by atoms with van der Waals surface area (Å²) in [7, 11) is 0. The molecule has 0 rings (SSSR count). The van der Waals surface area contributed by atoms with Gasteiger partial charge < -0.3 is 28.4 Å². The van der Waals surface area contributed by atoms with E-state index in [2.05, 4.69) is 11.8 Å². The molecule has 200 valence electrons. The second-order valence-electron chi connectivity index (χ2n) is 7.01. The van der Waals surface area contributed by atoms with Gasteiger partial charge in [0, 0.05) is 64.0 Å². The fraction of sp³-hybridized carbons (Fsp3) is 1.00. The van der Waals surface area contributed by atoms with E-state index >= 15 is 0 Å². The number of rotatable bonds is 26. The third kappa shape index (κ3) is 17.0. The van der Waals surface area contributed by atoms with E-state index in [-0.39, 0.29) is 0 Å². The molecule has 0 heterocycles. The summed E-state index contributed by atoms with van der Waals surface area (Å²) >= 11 is 5.96. The van der Waals surface area contributed by atoms with Gasteiger partial charge in [0.05, 0.1) is 0 Å². The minimum Gasteiger partial charge on any atom is -0.328 e. The van der Waals surface area contributed by atoms with E-state index in [0.717, 1.165) is 35.9 Å². The molecular formula is C24H50O6S3. The van der Waals surface area contributed by atoms with Gasteiger partial charge in [-0.05, 0) is 77.4 Å². The highest BCUT2D eigenvalue weighted by Gasteiger charge is 2.32. The van der Waals surface area contributed by atoms with Crippen LogP contribution < -0.4 is 0 Å². The molecule has 0 amide bonds. The lowest BCUT2D eigenvalue weighted by molar-refractivity contribution is -0.377. The molecule has 0 radical (unpaired) electrons. The highest BCUT2D eigenvalue weighted by Crippen LogP contribution is 2.25. The van der Waals surface area contributed by atoms with Crippen molar-refractivity contribution in [3.8, 4) is 0 Å². The van der Waals surface area contributed by atoms with Crippen LogP contribution in [0.2, 0.25) is 0 Å². The minimum absolute atomic E-state index is 0.589. The van der Waals surface area contributed by atoms with Gasteiger partial charge in [-0.3, -0.25) is 0 Å². The van der Waals surface area contributed by atoms with Gasteiger partial charge in [0.15, 0.2) is 0 Å². The van der Waals surface area contributed by atoms with Crippen LogP contribution in [0.1, 0.15) is 67.2 Å². The van der Waals surface area contributed by atoms with Crippen LogP contribution in [0.4, 0.5) is 0 Å². The molecule has 0 bridgehead atoms. The zero-order valence-corrected chi connectivity index (χ0v) is 24.4. The van der Waals surface area contributed by atoms with Gasteiger partial charge in [0.25, 0.3) is 11.9 Å². The summed E-state index contributed by atoms with van der Waals surface area (Å²) in [5.74, 6) is 4.98. The fourth-order valence-corrected chi connectivity index (χ4v) is 6.39. The molecule has 0 N–H and O–H groups in total. The smallest absolute Gasteiger partial charge is 0.283 e. The largest absolute Gasteiger partial charge is 0.328 e. The van der Waals surface area contributed by atoms with Crippen LogP contribution in [-0.4, -0.2) is 86.1 Å². The highest BCUT2D eigenvalue weighted by atomic mass is 32.2. The Kier molecular flexibility index (Phi) is 23.8. The maximum Gasteiger partial charge on any atom is 0.283 e. The van der Waals surface area contributed by atoms with Gasteiger partial charge in [-0.15, -0.1) is 0 Å². The van der Waals surface area contributed by atoms with Crippen molar-refractivity contribution in [3.05, 3.63) is 0 Å². The summed E-state index contributed by atoms with van der Waals surface area (Å²) in [6.07, 6.45) is 3.98. The van der Waals surface area contributed by atoms with Crippen molar-refractivity contribution in [2.75, 3.05) is 74.2 Å². The molecule has 33 heavy (non-hydrogen) atoms. The van der Waals surface area contributed by atoms with E-state index in [4.69, 9.17) is 28.4 Å². The van der Waals surface area contributed by atoms with Gasteiger partial charge in [0.1, 0.15) is 0 Å². The first kappa shape index (κ1) is 33.8. The Morgan fingerprint density at radius 3 is 0.879 bits per heavy atom. The zero-order chi connectivity index (χ0) is 24.7. The molecule has 6 nitrogen and oxygen atoms in total. The van der Waals surface area contributed by atoms with Crippen molar-refractivity contribution in [1.29, 1.82) is 0 Å². The lowest BCUT2D eigenvalue weighted by Crippen LogP contribution is -2.40. The molecule has 0 aliphatic heterocycles. The summed E-state index contributed by atoms with van der Waals surface area (Å²) in [5.41, 5.74) is 0. The molecular weight excluding hydrogens is 480 g/mol. The molecule has 0 saturated carbocycles. The Bertz CT molecular complexity index is 348. The fourth-order valence-electron chi connectivity index (χ4n) is 3.23. The van der Waals surface area contributed by atoms with Crippen LogP contribution in [0.25, 0.3) is 0 Å². The number of ether oxygens (including phenoxy) is 6. The summed E-state index contributed by atoms with van der Waals surface area (Å²) < 4.78 is 34.7. The maximum absolute atomic E-state index is 5.78. The van der Waals surface area contributed by atoms with Crippen molar-refractivity contribution < 1.29 is 28.4 Å². The van der Waals surface area contributed by atoms with Gasteiger partial charge >= 0.3 is 0 Å². The number of hydrogen-bond donors (Lipinski definition) is 0. The first-order valence-electron chi connectivity index (χ1n) is 12.6. The summed E-state index contributed by atoms with van der Waals surface area (Å²) in [5, 5.41) is 0. The molecule has 0 aliphatic rings. The molecule has 0 atom stereocenters. The first-order chi connectivity index (χ1) is 16.1. The maximum atomic E-state index is 5.78. The lowest BCUT2D eigenvalue weighted by Gasteiger charge is -2.32.